The number of nitrogens with one attached hydrogen (secondary N) is 2. The summed E-state index contributed by atoms with van der Waals surface area (Å²) in [5.74, 6) is 3.53. The number of hydrogen-bond acceptors (Lipinski definition) is 5. The zero-order valence-electron chi connectivity index (χ0n) is 13.2. The van der Waals surface area contributed by atoms with Crippen LogP contribution in [0.5, 0.6) is 0 Å². The second-order valence-corrected chi connectivity index (χ2v) is 5.87. The Morgan fingerprint density at radius 1 is 1.15 bits per heavy atom. The summed E-state index contributed by atoms with van der Waals surface area (Å²) in [7, 11) is 6.15. The molecule has 0 saturated heterocycles. The first-order valence-corrected chi connectivity index (χ1v) is 7.56. The lowest BCUT2D eigenvalue weighted by Gasteiger charge is -2.14. The van der Waals surface area contributed by atoms with Gasteiger partial charge in [-0.05, 0) is 53.2 Å². The van der Waals surface area contributed by atoms with Gasteiger partial charge in [-0.15, -0.1) is 0 Å². The van der Waals surface area contributed by atoms with E-state index in [1.54, 1.807) is 0 Å². The highest BCUT2D eigenvalue weighted by atomic mass is 15.1. The number of nitrogens with zero attached hydrogens (tertiary/aromatic N) is 3. The summed E-state index contributed by atoms with van der Waals surface area (Å²) in [6, 6.07) is 0. The molecule has 0 unspecified atom stereocenters. The lowest BCUT2D eigenvalue weighted by molar-refractivity contribution is 0.396. The first-order valence-electron chi connectivity index (χ1n) is 7.56. The van der Waals surface area contributed by atoms with Crippen LogP contribution in [0.25, 0.3) is 0 Å². The van der Waals surface area contributed by atoms with Crippen molar-refractivity contribution in [2.75, 3.05) is 44.9 Å². The van der Waals surface area contributed by atoms with Crippen LogP contribution in [-0.4, -0.2) is 49.1 Å². The van der Waals surface area contributed by atoms with E-state index < -0.39 is 0 Å². The van der Waals surface area contributed by atoms with Crippen molar-refractivity contribution >= 4 is 11.6 Å². The van der Waals surface area contributed by atoms with Crippen molar-refractivity contribution in [2.45, 2.75) is 38.5 Å². The van der Waals surface area contributed by atoms with Gasteiger partial charge in [-0.25, -0.2) is 9.97 Å². The summed E-state index contributed by atoms with van der Waals surface area (Å²) < 4.78 is 0. The molecule has 0 atom stereocenters. The van der Waals surface area contributed by atoms with Crippen LogP contribution < -0.4 is 10.6 Å². The van der Waals surface area contributed by atoms with Crippen LogP contribution in [0.1, 0.15) is 43.0 Å². The number of unbranched alkanes of at least 4 members (excludes halogenated alkanes) is 1. The normalized spacial score (nSPS) is 14.7. The lowest BCUT2D eigenvalue weighted by Crippen LogP contribution is -2.15. The van der Waals surface area contributed by atoms with Crippen LogP contribution >= 0.6 is 0 Å². The molecule has 112 valence electrons. The quantitative estimate of drug-likeness (QED) is 0.715. The fourth-order valence-electron chi connectivity index (χ4n) is 2.23. The molecule has 5 nitrogen and oxygen atoms in total. The molecule has 0 aromatic carbocycles. The SMILES string of the molecule is CNc1nc(C2CC2)nc(NCCCCN(C)C)c1C. The van der Waals surface area contributed by atoms with Gasteiger partial charge >= 0.3 is 0 Å². The third kappa shape index (κ3) is 4.07. The van der Waals surface area contributed by atoms with Crippen molar-refractivity contribution in [3.8, 4) is 0 Å². The summed E-state index contributed by atoms with van der Waals surface area (Å²) in [6.45, 7) is 4.18. The zero-order chi connectivity index (χ0) is 14.5. The molecule has 1 heterocycles. The molecule has 0 aliphatic heterocycles. The summed E-state index contributed by atoms with van der Waals surface area (Å²) in [5.41, 5.74) is 1.12. The van der Waals surface area contributed by atoms with Crippen molar-refractivity contribution in [1.82, 2.24) is 14.9 Å². The highest BCUT2D eigenvalue weighted by molar-refractivity contribution is 5.57. The second-order valence-electron chi connectivity index (χ2n) is 5.87. The maximum absolute atomic E-state index is 4.70. The van der Waals surface area contributed by atoms with E-state index in [1.165, 1.54) is 19.3 Å². The monoisotopic (exact) mass is 277 g/mol. The van der Waals surface area contributed by atoms with E-state index in [2.05, 4.69) is 41.5 Å². The van der Waals surface area contributed by atoms with Crippen molar-refractivity contribution in [1.29, 1.82) is 0 Å². The fraction of sp³-hybridized carbons (Fsp3) is 0.733. The van der Waals surface area contributed by atoms with Gasteiger partial charge in [0.1, 0.15) is 17.5 Å². The van der Waals surface area contributed by atoms with Crippen LogP contribution in [0.15, 0.2) is 0 Å². The maximum Gasteiger partial charge on any atom is 0.136 e. The Kier molecular flexibility index (Phi) is 5.17. The maximum atomic E-state index is 4.70. The molecule has 1 aromatic heterocycles. The van der Waals surface area contributed by atoms with E-state index in [4.69, 9.17) is 4.98 Å². The van der Waals surface area contributed by atoms with E-state index in [1.807, 2.05) is 7.05 Å². The van der Waals surface area contributed by atoms with Crippen LogP contribution in [0.2, 0.25) is 0 Å². The third-order valence-electron chi connectivity index (χ3n) is 3.67. The third-order valence-corrected chi connectivity index (χ3v) is 3.67. The molecule has 0 radical (unpaired) electrons. The number of aromatic nitrogens is 2. The van der Waals surface area contributed by atoms with Crippen LogP contribution in [0.4, 0.5) is 11.6 Å². The van der Waals surface area contributed by atoms with Gasteiger partial charge in [-0.2, -0.15) is 0 Å². The first-order chi connectivity index (χ1) is 9.61. The number of rotatable bonds is 8. The molecule has 2 rings (SSSR count). The molecule has 0 amide bonds. The average Bonchev–Trinajstić information content (AvgIpc) is 3.24. The fourth-order valence-corrected chi connectivity index (χ4v) is 2.23. The highest BCUT2D eigenvalue weighted by Crippen LogP contribution is 2.39. The van der Waals surface area contributed by atoms with Gasteiger partial charge in [-0.1, -0.05) is 0 Å². The molecule has 0 bridgehead atoms. The molecule has 20 heavy (non-hydrogen) atoms. The minimum Gasteiger partial charge on any atom is -0.373 e. The molecule has 1 fully saturated rings. The largest absolute Gasteiger partial charge is 0.373 e. The van der Waals surface area contributed by atoms with E-state index >= 15 is 0 Å². The summed E-state index contributed by atoms with van der Waals surface area (Å²) >= 11 is 0. The van der Waals surface area contributed by atoms with Crippen molar-refractivity contribution in [3.63, 3.8) is 0 Å². The predicted octanol–water partition coefficient (Wildman–Crippen LogP) is 2.46. The zero-order valence-corrected chi connectivity index (χ0v) is 13.2. The molecular weight excluding hydrogens is 250 g/mol. The number of anilines is 2. The van der Waals surface area contributed by atoms with Crippen LogP contribution in [0.3, 0.4) is 0 Å². The van der Waals surface area contributed by atoms with Gasteiger partial charge in [0.25, 0.3) is 0 Å². The lowest BCUT2D eigenvalue weighted by atomic mass is 10.2. The topological polar surface area (TPSA) is 53.1 Å². The smallest absolute Gasteiger partial charge is 0.136 e. The second kappa shape index (κ2) is 6.88. The minimum atomic E-state index is 0.581. The Labute approximate surface area is 122 Å². The van der Waals surface area contributed by atoms with Gasteiger partial charge in [0.15, 0.2) is 0 Å². The molecule has 0 spiro atoms. The van der Waals surface area contributed by atoms with E-state index in [0.717, 1.165) is 42.5 Å². The van der Waals surface area contributed by atoms with Gasteiger partial charge in [0, 0.05) is 25.1 Å². The van der Waals surface area contributed by atoms with Crippen molar-refractivity contribution in [3.05, 3.63) is 11.4 Å². The highest BCUT2D eigenvalue weighted by Gasteiger charge is 2.28. The van der Waals surface area contributed by atoms with Gasteiger partial charge < -0.3 is 15.5 Å². The molecular formula is C15H27N5. The average molecular weight is 277 g/mol. The first kappa shape index (κ1) is 15.0. The number of hydrogen-bond donors (Lipinski definition) is 2. The van der Waals surface area contributed by atoms with Crippen LogP contribution in [-0.2, 0) is 0 Å². The molecule has 1 aromatic rings. The van der Waals surface area contributed by atoms with Gasteiger partial charge in [0.2, 0.25) is 0 Å². The molecule has 2 N–H and O–H groups in total. The molecule has 5 heteroatoms. The Morgan fingerprint density at radius 2 is 1.85 bits per heavy atom. The molecule has 1 aliphatic carbocycles. The summed E-state index contributed by atoms with van der Waals surface area (Å²) in [4.78, 5) is 11.5. The van der Waals surface area contributed by atoms with Crippen molar-refractivity contribution < 1.29 is 0 Å². The van der Waals surface area contributed by atoms with Gasteiger partial charge in [0.05, 0.1) is 0 Å². The van der Waals surface area contributed by atoms with Crippen LogP contribution in [0, 0.1) is 6.92 Å². The minimum absolute atomic E-state index is 0.581. The van der Waals surface area contributed by atoms with E-state index in [-0.39, 0.29) is 0 Å². The molecule has 1 aliphatic rings. The van der Waals surface area contributed by atoms with Gasteiger partial charge in [-0.3, -0.25) is 0 Å². The summed E-state index contributed by atoms with van der Waals surface area (Å²) in [5, 5.41) is 6.65. The Morgan fingerprint density at radius 3 is 2.45 bits per heavy atom. The predicted molar refractivity (Wildman–Crippen MR) is 84.6 cm³/mol. The molecule has 1 saturated carbocycles. The van der Waals surface area contributed by atoms with Crippen molar-refractivity contribution in [2.24, 2.45) is 0 Å². The standard InChI is InChI=1S/C15H27N5/c1-11-13(16-2)18-15(12-7-8-12)19-14(11)17-9-5-6-10-20(3)4/h12H,5-10H2,1-4H3,(H2,16,17,18,19). The summed E-state index contributed by atoms with van der Waals surface area (Å²) in [6.07, 6.45) is 4.83. The Balaban J connectivity index is 1.93. The Hall–Kier alpha value is -1.36. The van der Waals surface area contributed by atoms with E-state index in [9.17, 15) is 0 Å². The Bertz CT molecular complexity index is 440. The van der Waals surface area contributed by atoms with E-state index in [0.29, 0.717) is 5.92 Å².